The van der Waals surface area contributed by atoms with Crippen LogP contribution in [-0.4, -0.2) is 36.1 Å². The minimum absolute atomic E-state index is 0.973. The summed E-state index contributed by atoms with van der Waals surface area (Å²) in [5.74, 6) is 0. The standard InChI is InChI=1S/C28H36N2/c1-3-21-30(2,25-28-18-11-6-12-19-28)22-13-20-29(23-26-14-7-4-8-15-26)24-27-16-9-5-10-17-27/h4-12,14-19H,1,3,13,20-25H2,2H3/q+1. The molecule has 1 atom stereocenters. The van der Waals surface area contributed by atoms with E-state index in [0.717, 1.165) is 43.6 Å². The molecule has 30 heavy (non-hydrogen) atoms. The first kappa shape index (κ1) is 22.3. The molecule has 0 aliphatic carbocycles. The lowest BCUT2D eigenvalue weighted by atomic mass is 10.1. The Bertz CT molecular complexity index is 791. The van der Waals surface area contributed by atoms with Crippen molar-refractivity contribution in [3.05, 3.63) is 115 Å². The van der Waals surface area contributed by atoms with Gasteiger partial charge in [0.15, 0.2) is 0 Å². The number of hydrogen-bond acceptors (Lipinski definition) is 1. The molecule has 2 nitrogen and oxygen atoms in total. The Labute approximate surface area is 183 Å². The molecule has 0 amide bonds. The van der Waals surface area contributed by atoms with Gasteiger partial charge in [-0.2, -0.15) is 0 Å². The van der Waals surface area contributed by atoms with E-state index in [1.165, 1.54) is 29.7 Å². The minimum Gasteiger partial charge on any atom is -0.322 e. The second kappa shape index (κ2) is 11.7. The Hall–Kier alpha value is -2.42. The average molecular weight is 401 g/mol. The smallest absolute Gasteiger partial charge is 0.104 e. The van der Waals surface area contributed by atoms with Crippen LogP contribution in [0, 0.1) is 6.92 Å². The van der Waals surface area contributed by atoms with Gasteiger partial charge in [-0.15, -0.1) is 0 Å². The summed E-state index contributed by atoms with van der Waals surface area (Å²) in [6, 6.07) is 32.5. The topological polar surface area (TPSA) is 3.24 Å². The number of benzene rings is 3. The molecular formula is C28H36N2+. The molecule has 2 heteroatoms. The average Bonchev–Trinajstić information content (AvgIpc) is 2.76. The Balaban J connectivity index is 1.62. The summed E-state index contributed by atoms with van der Waals surface area (Å²) >= 11 is 0. The van der Waals surface area contributed by atoms with Gasteiger partial charge in [-0.25, -0.2) is 0 Å². The van der Waals surface area contributed by atoms with Crippen molar-refractivity contribution in [1.29, 1.82) is 0 Å². The Morgan fingerprint density at radius 1 is 0.667 bits per heavy atom. The van der Waals surface area contributed by atoms with Crippen LogP contribution >= 0.6 is 0 Å². The van der Waals surface area contributed by atoms with Gasteiger partial charge in [0.05, 0.1) is 20.1 Å². The van der Waals surface area contributed by atoms with E-state index < -0.39 is 0 Å². The predicted octanol–water partition coefficient (Wildman–Crippen LogP) is 5.95. The third-order valence-electron chi connectivity index (χ3n) is 5.78. The van der Waals surface area contributed by atoms with Crippen LogP contribution in [-0.2, 0) is 19.6 Å². The fourth-order valence-electron chi connectivity index (χ4n) is 4.25. The molecule has 0 heterocycles. The van der Waals surface area contributed by atoms with Gasteiger partial charge in [0.25, 0.3) is 0 Å². The van der Waals surface area contributed by atoms with Crippen LogP contribution in [0.2, 0.25) is 0 Å². The molecule has 0 aromatic heterocycles. The van der Waals surface area contributed by atoms with E-state index in [9.17, 15) is 0 Å². The molecule has 157 valence electrons. The second-order valence-corrected chi connectivity index (χ2v) is 8.60. The van der Waals surface area contributed by atoms with E-state index in [1.54, 1.807) is 0 Å². The molecule has 0 spiro atoms. The monoisotopic (exact) mass is 400 g/mol. The second-order valence-electron chi connectivity index (χ2n) is 8.60. The molecule has 0 fully saturated rings. The first-order valence-corrected chi connectivity index (χ1v) is 11.1. The van der Waals surface area contributed by atoms with Gasteiger partial charge in [-0.3, -0.25) is 4.90 Å². The highest BCUT2D eigenvalue weighted by Gasteiger charge is 2.21. The van der Waals surface area contributed by atoms with Crippen molar-refractivity contribution >= 4 is 0 Å². The van der Waals surface area contributed by atoms with E-state index in [1.807, 2.05) is 0 Å². The molecule has 3 rings (SSSR count). The molecule has 0 bridgehead atoms. The highest BCUT2D eigenvalue weighted by molar-refractivity contribution is 5.17. The summed E-state index contributed by atoms with van der Waals surface area (Å²) in [4.78, 5) is 2.59. The predicted molar refractivity (Wildman–Crippen MR) is 128 cm³/mol. The van der Waals surface area contributed by atoms with Crippen molar-refractivity contribution in [3.63, 3.8) is 0 Å². The van der Waals surface area contributed by atoms with E-state index in [2.05, 4.69) is 110 Å². The van der Waals surface area contributed by atoms with Crippen LogP contribution in [0.5, 0.6) is 0 Å². The van der Waals surface area contributed by atoms with E-state index >= 15 is 0 Å². The number of quaternary nitrogens is 1. The molecule has 0 N–H and O–H groups in total. The van der Waals surface area contributed by atoms with Crippen molar-refractivity contribution in [2.75, 3.05) is 26.7 Å². The van der Waals surface area contributed by atoms with Gasteiger partial charge in [0, 0.05) is 31.6 Å². The first-order chi connectivity index (χ1) is 14.7. The quantitative estimate of drug-likeness (QED) is 0.340. The van der Waals surface area contributed by atoms with E-state index in [0.29, 0.717) is 0 Å². The van der Waals surface area contributed by atoms with Gasteiger partial charge in [0.1, 0.15) is 6.54 Å². The largest absolute Gasteiger partial charge is 0.322 e. The molecule has 0 saturated carbocycles. The molecule has 1 unspecified atom stereocenters. The van der Waals surface area contributed by atoms with Gasteiger partial charge in [-0.05, 0) is 24.5 Å². The zero-order valence-electron chi connectivity index (χ0n) is 18.4. The third kappa shape index (κ3) is 7.44. The summed E-state index contributed by atoms with van der Waals surface area (Å²) in [5, 5.41) is 0. The highest BCUT2D eigenvalue weighted by Crippen LogP contribution is 2.16. The number of rotatable bonds is 12. The van der Waals surface area contributed by atoms with Crippen molar-refractivity contribution in [2.24, 2.45) is 0 Å². The van der Waals surface area contributed by atoms with Gasteiger partial charge in [-0.1, -0.05) is 91.0 Å². The fourth-order valence-corrected chi connectivity index (χ4v) is 4.25. The maximum Gasteiger partial charge on any atom is 0.104 e. The maximum atomic E-state index is 4.14. The maximum absolute atomic E-state index is 4.14. The van der Waals surface area contributed by atoms with Crippen LogP contribution in [0.1, 0.15) is 29.5 Å². The zero-order chi connectivity index (χ0) is 21.1. The lowest BCUT2D eigenvalue weighted by Crippen LogP contribution is -2.45. The summed E-state index contributed by atoms with van der Waals surface area (Å²) < 4.78 is 1.05. The van der Waals surface area contributed by atoms with Crippen molar-refractivity contribution in [1.82, 2.24) is 4.90 Å². The summed E-state index contributed by atoms with van der Waals surface area (Å²) in [6.45, 7) is 10.6. The van der Waals surface area contributed by atoms with Crippen LogP contribution in [0.15, 0.2) is 91.0 Å². The fraction of sp³-hybridized carbons (Fsp3) is 0.321. The Morgan fingerprint density at radius 3 is 1.60 bits per heavy atom. The van der Waals surface area contributed by atoms with Gasteiger partial charge in [0.2, 0.25) is 0 Å². The zero-order valence-corrected chi connectivity index (χ0v) is 18.4. The van der Waals surface area contributed by atoms with Gasteiger partial charge < -0.3 is 4.48 Å². The molecule has 1 radical (unpaired) electrons. The minimum atomic E-state index is 0.973. The van der Waals surface area contributed by atoms with Crippen LogP contribution < -0.4 is 0 Å². The van der Waals surface area contributed by atoms with Crippen molar-refractivity contribution in [3.8, 4) is 0 Å². The van der Waals surface area contributed by atoms with Crippen molar-refractivity contribution in [2.45, 2.75) is 32.5 Å². The molecule has 0 aliphatic rings. The normalized spacial score (nSPS) is 13.3. The summed E-state index contributed by atoms with van der Waals surface area (Å²) in [7, 11) is 2.39. The SMILES string of the molecule is [CH2]CC[N+](C)(CCCN(Cc1ccccc1)Cc1ccccc1)Cc1ccccc1. The molecule has 3 aromatic carbocycles. The Kier molecular flexibility index (Phi) is 8.67. The third-order valence-corrected chi connectivity index (χ3v) is 5.78. The number of nitrogens with zero attached hydrogens (tertiary/aromatic N) is 2. The lowest BCUT2D eigenvalue weighted by molar-refractivity contribution is -0.922. The summed E-state index contributed by atoms with van der Waals surface area (Å²) in [6.07, 6.45) is 2.16. The van der Waals surface area contributed by atoms with Crippen LogP contribution in [0.4, 0.5) is 0 Å². The van der Waals surface area contributed by atoms with Crippen molar-refractivity contribution < 1.29 is 4.48 Å². The van der Waals surface area contributed by atoms with E-state index in [-0.39, 0.29) is 0 Å². The Morgan fingerprint density at radius 2 is 1.13 bits per heavy atom. The van der Waals surface area contributed by atoms with Crippen LogP contribution in [0.3, 0.4) is 0 Å². The molecule has 0 aliphatic heterocycles. The summed E-state index contributed by atoms with van der Waals surface area (Å²) in [5.41, 5.74) is 4.18. The van der Waals surface area contributed by atoms with E-state index in [4.69, 9.17) is 0 Å². The molecular weight excluding hydrogens is 364 g/mol. The molecule has 0 saturated heterocycles. The lowest BCUT2D eigenvalue weighted by Gasteiger charge is -2.35. The molecule has 3 aromatic rings. The van der Waals surface area contributed by atoms with Crippen LogP contribution in [0.25, 0.3) is 0 Å². The first-order valence-electron chi connectivity index (χ1n) is 11.1. The number of hydrogen-bond donors (Lipinski definition) is 0. The highest BCUT2D eigenvalue weighted by atomic mass is 15.3. The van der Waals surface area contributed by atoms with Gasteiger partial charge >= 0.3 is 0 Å².